The van der Waals surface area contributed by atoms with E-state index in [1.807, 2.05) is 43.3 Å². The lowest BCUT2D eigenvalue weighted by atomic mass is 9.97. The molecule has 14 nitrogen and oxygen atoms in total. The van der Waals surface area contributed by atoms with Gasteiger partial charge >= 0.3 is 0 Å². The Morgan fingerprint density at radius 1 is 0.933 bits per heavy atom. The van der Waals surface area contributed by atoms with E-state index in [1.54, 1.807) is 11.5 Å². The number of aliphatic hydroxyl groups excluding tert-OH is 7. The second kappa shape index (κ2) is 12.7. The first-order valence-electron chi connectivity index (χ1n) is 14.9. The van der Waals surface area contributed by atoms with Gasteiger partial charge in [0.15, 0.2) is 12.6 Å². The highest BCUT2D eigenvalue weighted by molar-refractivity contribution is 5.84. The molecule has 7 N–H and O–H groups in total. The number of nitrogens with zero attached hydrogens (tertiary/aromatic N) is 2. The van der Waals surface area contributed by atoms with Crippen molar-refractivity contribution in [2.24, 2.45) is 0 Å². The molecule has 3 aliphatic rings. The Morgan fingerprint density at radius 3 is 2.31 bits per heavy atom. The van der Waals surface area contributed by atoms with Gasteiger partial charge < -0.3 is 59.3 Å². The average molecular weight is 631 g/mol. The van der Waals surface area contributed by atoms with Gasteiger partial charge in [0, 0.05) is 16.5 Å². The fraction of sp³-hybridized carbons (Fsp3) is 0.548. The first-order valence-corrected chi connectivity index (χ1v) is 14.9. The molecule has 0 saturated carbocycles. The van der Waals surface area contributed by atoms with Crippen LogP contribution in [0.25, 0.3) is 22.3 Å². The van der Waals surface area contributed by atoms with E-state index < -0.39 is 80.7 Å². The van der Waals surface area contributed by atoms with E-state index in [2.05, 4.69) is 0 Å². The summed E-state index contributed by atoms with van der Waals surface area (Å²) < 4.78 is 24.5. The summed E-state index contributed by atoms with van der Waals surface area (Å²) in [7, 11) is 0. The molecule has 2 aromatic heterocycles. The van der Waals surface area contributed by atoms with Crippen molar-refractivity contribution in [3.05, 3.63) is 63.4 Å². The smallest absolute Gasteiger partial charge is 0.254 e. The zero-order valence-electron chi connectivity index (χ0n) is 24.7. The number of benzene rings is 1. The van der Waals surface area contributed by atoms with Crippen LogP contribution in [0.3, 0.4) is 0 Å². The molecule has 1 aromatic carbocycles. The van der Waals surface area contributed by atoms with Gasteiger partial charge in [-0.2, -0.15) is 0 Å². The van der Waals surface area contributed by atoms with Crippen molar-refractivity contribution >= 4 is 10.9 Å². The molecule has 0 amide bonds. The van der Waals surface area contributed by atoms with Gasteiger partial charge in [0.2, 0.25) is 0 Å². The largest absolute Gasteiger partial charge is 0.394 e. The zero-order valence-corrected chi connectivity index (χ0v) is 24.7. The molecule has 0 aliphatic carbocycles. The lowest BCUT2D eigenvalue weighted by molar-refractivity contribution is -0.336. The van der Waals surface area contributed by atoms with Gasteiger partial charge in [-0.15, -0.1) is 0 Å². The third-order valence-electron chi connectivity index (χ3n) is 8.91. The number of aliphatic hydroxyl groups is 7. The topological polar surface area (TPSA) is 213 Å². The molecular formula is C31H38N2O12. The molecule has 3 aromatic rings. The van der Waals surface area contributed by atoms with Crippen LogP contribution in [0.15, 0.2) is 41.2 Å². The molecule has 14 heteroatoms. The number of fused-ring (bicyclic) bond motifs is 4. The van der Waals surface area contributed by atoms with Crippen molar-refractivity contribution < 1.29 is 54.7 Å². The summed E-state index contributed by atoms with van der Waals surface area (Å²) >= 11 is 0. The van der Waals surface area contributed by atoms with E-state index in [9.17, 15) is 40.5 Å². The highest BCUT2D eigenvalue weighted by Crippen LogP contribution is 2.36. The van der Waals surface area contributed by atoms with Crippen molar-refractivity contribution in [2.75, 3.05) is 13.2 Å². The minimum absolute atomic E-state index is 0.210. The van der Waals surface area contributed by atoms with E-state index in [1.165, 1.54) is 0 Å². The molecule has 0 radical (unpaired) electrons. The predicted octanol–water partition coefficient (Wildman–Crippen LogP) is -1.17. The molecular weight excluding hydrogens is 592 g/mol. The SMILES string of the molecule is CC[C@H](O[C@@H]1O[C@H](CO[C@@H]2O[C@H](CO)[C@@H](O)[C@H](O)[C@H]2O)[C@@H](O)[C@H](O)[C@H]1O)c1cc2n(c(=O)c1C)Cc1cc3ccccc3nc1-2. The van der Waals surface area contributed by atoms with Crippen molar-refractivity contribution in [1.82, 2.24) is 9.55 Å². The Hall–Kier alpha value is -2.86. The van der Waals surface area contributed by atoms with Crippen LogP contribution < -0.4 is 5.56 Å². The van der Waals surface area contributed by atoms with Crippen molar-refractivity contribution in [2.45, 2.75) is 94.3 Å². The molecule has 11 atom stereocenters. The Labute approximate surface area is 257 Å². The highest BCUT2D eigenvalue weighted by Gasteiger charge is 2.48. The Morgan fingerprint density at radius 2 is 1.60 bits per heavy atom. The maximum Gasteiger partial charge on any atom is 0.254 e. The number of aromatic nitrogens is 2. The third kappa shape index (κ3) is 5.70. The average Bonchev–Trinajstić information content (AvgIpc) is 3.40. The quantitative estimate of drug-likeness (QED) is 0.122. The van der Waals surface area contributed by atoms with Gasteiger partial charge in [-0.1, -0.05) is 25.1 Å². The van der Waals surface area contributed by atoms with Crippen LogP contribution in [0.2, 0.25) is 0 Å². The molecule has 2 fully saturated rings. The molecule has 0 spiro atoms. The van der Waals surface area contributed by atoms with Crippen LogP contribution in [0.5, 0.6) is 0 Å². The zero-order chi connectivity index (χ0) is 32.2. The van der Waals surface area contributed by atoms with Crippen LogP contribution in [0.1, 0.15) is 36.1 Å². The third-order valence-corrected chi connectivity index (χ3v) is 8.91. The first kappa shape index (κ1) is 32.1. The number of hydrogen-bond acceptors (Lipinski definition) is 13. The van der Waals surface area contributed by atoms with E-state index in [-0.39, 0.29) is 5.56 Å². The van der Waals surface area contributed by atoms with Crippen LogP contribution in [0.4, 0.5) is 0 Å². The Bertz CT molecular complexity index is 1600. The van der Waals surface area contributed by atoms with Crippen LogP contribution >= 0.6 is 0 Å². The summed E-state index contributed by atoms with van der Waals surface area (Å²) in [5.41, 5.74) is 3.83. The van der Waals surface area contributed by atoms with Gasteiger partial charge in [-0.25, -0.2) is 4.98 Å². The minimum Gasteiger partial charge on any atom is -0.394 e. The molecule has 0 unspecified atom stereocenters. The first-order chi connectivity index (χ1) is 21.5. The van der Waals surface area contributed by atoms with Crippen molar-refractivity contribution in [3.63, 3.8) is 0 Å². The van der Waals surface area contributed by atoms with Crippen LogP contribution in [0, 0.1) is 6.92 Å². The molecule has 5 heterocycles. The number of hydrogen-bond donors (Lipinski definition) is 7. The maximum absolute atomic E-state index is 13.5. The lowest BCUT2D eigenvalue weighted by Crippen LogP contribution is -2.61. The lowest BCUT2D eigenvalue weighted by Gasteiger charge is -2.43. The summed E-state index contributed by atoms with van der Waals surface area (Å²) in [6.07, 6.45) is -15.8. The van der Waals surface area contributed by atoms with Crippen LogP contribution in [-0.4, -0.2) is 120 Å². The summed E-state index contributed by atoms with van der Waals surface area (Å²) in [5, 5.41) is 72.8. The summed E-state index contributed by atoms with van der Waals surface area (Å²) in [6, 6.07) is 11.6. The molecule has 2 saturated heterocycles. The molecule has 6 rings (SSSR count). The molecule has 45 heavy (non-hydrogen) atoms. The van der Waals surface area contributed by atoms with E-state index >= 15 is 0 Å². The van der Waals surface area contributed by atoms with Crippen molar-refractivity contribution in [3.8, 4) is 11.4 Å². The van der Waals surface area contributed by atoms with Gasteiger partial charge in [0.05, 0.1) is 42.8 Å². The van der Waals surface area contributed by atoms with E-state index in [0.717, 1.165) is 16.5 Å². The number of pyridine rings is 2. The fourth-order valence-corrected chi connectivity index (χ4v) is 6.24. The summed E-state index contributed by atoms with van der Waals surface area (Å²) in [4.78, 5) is 18.4. The monoisotopic (exact) mass is 630 g/mol. The Balaban J connectivity index is 1.22. The summed E-state index contributed by atoms with van der Waals surface area (Å²) in [5.74, 6) is 0. The van der Waals surface area contributed by atoms with Gasteiger partial charge in [0.1, 0.15) is 48.8 Å². The molecule has 244 valence electrons. The highest BCUT2D eigenvalue weighted by atomic mass is 16.7. The van der Waals surface area contributed by atoms with Crippen LogP contribution in [-0.2, 0) is 25.5 Å². The summed E-state index contributed by atoms with van der Waals surface area (Å²) in [6.45, 7) is 2.76. The Kier molecular flexibility index (Phi) is 9.08. The second-order valence-corrected chi connectivity index (χ2v) is 11.8. The molecule has 3 aliphatic heterocycles. The maximum atomic E-state index is 13.5. The minimum atomic E-state index is -1.71. The standard InChI is InChI=1S/C31H38N2O12/c1-3-19(16-9-18-22-15(10-33(18)29(41)13(16)2)8-14-6-4-5-7-17(14)32-22)43-31-28(40)26(38)24(36)21(45-31)12-42-30-27(39)25(37)23(35)20(11-34)44-30/h4-9,19-21,23-28,30-31,34-40H,3,10-12H2,1-2H3/t19-,20+,21+,23+,24+,25-,26-,27+,28+,30+,31+/m0/s1. The van der Waals surface area contributed by atoms with E-state index in [0.29, 0.717) is 35.5 Å². The van der Waals surface area contributed by atoms with Gasteiger partial charge in [0.25, 0.3) is 5.56 Å². The number of rotatable bonds is 8. The fourth-order valence-electron chi connectivity index (χ4n) is 6.24. The van der Waals surface area contributed by atoms with Crippen molar-refractivity contribution in [1.29, 1.82) is 0 Å². The number of para-hydroxylation sites is 1. The predicted molar refractivity (Wildman–Crippen MR) is 156 cm³/mol. The molecule has 0 bridgehead atoms. The van der Waals surface area contributed by atoms with Gasteiger partial charge in [-0.3, -0.25) is 4.79 Å². The number of ether oxygens (including phenoxy) is 4. The second-order valence-electron chi connectivity index (χ2n) is 11.8. The van der Waals surface area contributed by atoms with Gasteiger partial charge in [-0.05, 0) is 37.1 Å². The normalized spacial score (nSPS) is 33.6. The van der Waals surface area contributed by atoms with E-state index in [4.69, 9.17) is 23.9 Å².